The van der Waals surface area contributed by atoms with Crippen LogP contribution >= 0.6 is 0 Å². The van der Waals surface area contributed by atoms with Crippen LogP contribution in [-0.4, -0.2) is 6.04 Å². The molecule has 0 aromatic rings. The fourth-order valence-electron chi connectivity index (χ4n) is 2.34. The molecule has 2 aliphatic rings. The highest BCUT2D eigenvalue weighted by Gasteiger charge is 2.39. The van der Waals surface area contributed by atoms with Crippen LogP contribution in [0, 0.1) is 11.8 Å². The van der Waals surface area contributed by atoms with Gasteiger partial charge in [0.1, 0.15) is 0 Å². The van der Waals surface area contributed by atoms with E-state index < -0.39 is 0 Å². The van der Waals surface area contributed by atoms with Crippen molar-refractivity contribution in [3.8, 4) is 0 Å². The first-order valence-corrected chi connectivity index (χ1v) is 4.63. The van der Waals surface area contributed by atoms with Crippen LogP contribution < -0.4 is 5.73 Å². The van der Waals surface area contributed by atoms with Gasteiger partial charge in [0.25, 0.3) is 0 Å². The number of hydrogen-bond donors (Lipinski definition) is 1. The molecule has 0 bridgehead atoms. The summed E-state index contributed by atoms with van der Waals surface area (Å²) in [5, 5.41) is 0. The van der Waals surface area contributed by atoms with E-state index in [1.807, 2.05) is 0 Å². The van der Waals surface area contributed by atoms with Crippen LogP contribution in [0.2, 0.25) is 0 Å². The van der Waals surface area contributed by atoms with Gasteiger partial charge in [0, 0.05) is 6.04 Å². The zero-order valence-electron chi connectivity index (χ0n) is 6.55. The third-order valence-corrected chi connectivity index (χ3v) is 3.15. The van der Waals surface area contributed by atoms with Gasteiger partial charge in [-0.3, -0.25) is 0 Å². The van der Waals surface area contributed by atoms with Crippen molar-refractivity contribution in [2.45, 2.75) is 44.6 Å². The van der Waals surface area contributed by atoms with E-state index in [9.17, 15) is 0 Å². The zero-order chi connectivity index (χ0) is 6.97. The van der Waals surface area contributed by atoms with Crippen molar-refractivity contribution in [2.75, 3.05) is 0 Å². The Labute approximate surface area is 63.0 Å². The Hall–Kier alpha value is -0.0400. The molecule has 10 heavy (non-hydrogen) atoms. The molecule has 2 rings (SSSR count). The van der Waals surface area contributed by atoms with Crippen LogP contribution in [0.4, 0.5) is 0 Å². The molecule has 0 unspecified atom stereocenters. The Morgan fingerprint density at radius 2 is 1.60 bits per heavy atom. The second-order valence-electron chi connectivity index (χ2n) is 3.96. The molecule has 2 aliphatic carbocycles. The van der Waals surface area contributed by atoms with Crippen molar-refractivity contribution < 1.29 is 0 Å². The average Bonchev–Trinajstić information content (AvgIpc) is 2.69. The van der Waals surface area contributed by atoms with Crippen molar-refractivity contribution >= 4 is 0 Å². The molecule has 0 aromatic carbocycles. The minimum absolute atomic E-state index is 0.586. The van der Waals surface area contributed by atoms with E-state index in [-0.39, 0.29) is 0 Å². The van der Waals surface area contributed by atoms with E-state index in [2.05, 4.69) is 0 Å². The molecule has 0 heterocycles. The molecule has 0 aliphatic heterocycles. The van der Waals surface area contributed by atoms with Gasteiger partial charge >= 0.3 is 0 Å². The summed E-state index contributed by atoms with van der Waals surface area (Å²) in [7, 11) is 0. The molecule has 1 heteroatoms. The molecule has 0 aromatic heterocycles. The normalized spacial score (nSPS) is 41.7. The van der Waals surface area contributed by atoms with Crippen LogP contribution in [0.25, 0.3) is 0 Å². The van der Waals surface area contributed by atoms with Gasteiger partial charge in [0.15, 0.2) is 0 Å². The molecule has 2 saturated carbocycles. The van der Waals surface area contributed by atoms with E-state index in [1.165, 1.54) is 38.5 Å². The van der Waals surface area contributed by atoms with Crippen LogP contribution in [0.3, 0.4) is 0 Å². The maximum Gasteiger partial charge on any atom is 0.00737 e. The standard InChI is InChI=1S/C9H17N/c10-9-6-8(9)7-4-2-1-3-5-7/h7-9H,1-6,10H2/t8-,9+/m0/s1. The maximum absolute atomic E-state index is 5.80. The molecule has 1 nitrogen and oxygen atoms in total. The third kappa shape index (κ3) is 1.20. The van der Waals surface area contributed by atoms with E-state index in [0.29, 0.717) is 6.04 Å². The van der Waals surface area contributed by atoms with E-state index in [4.69, 9.17) is 5.73 Å². The summed E-state index contributed by atoms with van der Waals surface area (Å²) in [6, 6.07) is 0.586. The minimum atomic E-state index is 0.586. The molecule has 2 N–H and O–H groups in total. The summed E-state index contributed by atoms with van der Waals surface area (Å²) in [6.45, 7) is 0. The van der Waals surface area contributed by atoms with Crippen LogP contribution in [0.1, 0.15) is 38.5 Å². The van der Waals surface area contributed by atoms with Gasteiger partial charge in [-0.25, -0.2) is 0 Å². The highest BCUT2D eigenvalue weighted by molar-refractivity contribution is 4.95. The van der Waals surface area contributed by atoms with Gasteiger partial charge in [0.2, 0.25) is 0 Å². The second kappa shape index (κ2) is 2.54. The van der Waals surface area contributed by atoms with Crippen molar-refractivity contribution in [3.63, 3.8) is 0 Å². The maximum atomic E-state index is 5.80. The minimum Gasteiger partial charge on any atom is -0.327 e. The van der Waals surface area contributed by atoms with Gasteiger partial charge in [-0.2, -0.15) is 0 Å². The summed E-state index contributed by atoms with van der Waals surface area (Å²) in [4.78, 5) is 0. The predicted octanol–water partition coefficient (Wildman–Crippen LogP) is 1.91. The van der Waals surface area contributed by atoms with E-state index >= 15 is 0 Å². The summed E-state index contributed by atoms with van der Waals surface area (Å²) >= 11 is 0. The lowest BCUT2D eigenvalue weighted by molar-refractivity contribution is 0.318. The molecule has 2 fully saturated rings. The van der Waals surface area contributed by atoms with Crippen LogP contribution in [0.15, 0.2) is 0 Å². The Bertz CT molecular complexity index is 116. The molecule has 0 amide bonds. The Kier molecular flexibility index (Phi) is 1.69. The van der Waals surface area contributed by atoms with Gasteiger partial charge in [-0.15, -0.1) is 0 Å². The number of nitrogens with two attached hydrogens (primary N) is 1. The first-order chi connectivity index (χ1) is 4.88. The molecular weight excluding hydrogens is 122 g/mol. The van der Waals surface area contributed by atoms with Gasteiger partial charge < -0.3 is 5.73 Å². The van der Waals surface area contributed by atoms with E-state index in [0.717, 1.165) is 11.8 Å². The van der Waals surface area contributed by atoms with Crippen molar-refractivity contribution in [3.05, 3.63) is 0 Å². The molecular formula is C9H17N. The van der Waals surface area contributed by atoms with Gasteiger partial charge in [-0.05, 0) is 18.3 Å². The third-order valence-electron chi connectivity index (χ3n) is 3.15. The fourth-order valence-corrected chi connectivity index (χ4v) is 2.34. The van der Waals surface area contributed by atoms with Crippen molar-refractivity contribution in [2.24, 2.45) is 17.6 Å². The summed E-state index contributed by atoms with van der Waals surface area (Å²) < 4.78 is 0. The highest BCUT2D eigenvalue weighted by atomic mass is 14.8. The predicted molar refractivity (Wildman–Crippen MR) is 42.7 cm³/mol. The molecule has 0 radical (unpaired) electrons. The quantitative estimate of drug-likeness (QED) is 0.590. The highest BCUT2D eigenvalue weighted by Crippen LogP contribution is 2.42. The molecule has 58 valence electrons. The number of hydrogen-bond acceptors (Lipinski definition) is 1. The van der Waals surface area contributed by atoms with Crippen molar-refractivity contribution in [1.82, 2.24) is 0 Å². The van der Waals surface area contributed by atoms with Crippen LogP contribution in [0.5, 0.6) is 0 Å². The zero-order valence-corrected chi connectivity index (χ0v) is 6.55. The monoisotopic (exact) mass is 139 g/mol. The Morgan fingerprint density at radius 3 is 2.10 bits per heavy atom. The second-order valence-corrected chi connectivity index (χ2v) is 3.96. The average molecular weight is 139 g/mol. The summed E-state index contributed by atoms with van der Waals surface area (Å²) in [5.74, 6) is 1.95. The fraction of sp³-hybridized carbons (Fsp3) is 1.00. The Morgan fingerprint density at radius 1 is 1.00 bits per heavy atom. The topological polar surface area (TPSA) is 26.0 Å². The van der Waals surface area contributed by atoms with Crippen molar-refractivity contribution in [1.29, 1.82) is 0 Å². The largest absolute Gasteiger partial charge is 0.327 e. The first kappa shape index (κ1) is 6.66. The smallest absolute Gasteiger partial charge is 0.00737 e. The lowest BCUT2D eigenvalue weighted by atomic mass is 9.86. The van der Waals surface area contributed by atoms with Gasteiger partial charge in [0.05, 0.1) is 0 Å². The van der Waals surface area contributed by atoms with Crippen LogP contribution in [-0.2, 0) is 0 Å². The first-order valence-electron chi connectivity index (χ1n) is 4.63. The summed E-state index contributed by atoms with van der Waals surface area (Å²) in [5.41, 5.74) is 5.80. The lowest BCUT2D eigenvalue weighted by Gasteiger charge is -2.20. The molecule has 0 saturated heterocycles. The van der Waals surface area contributed by atoms with Gasteiger partial charge in [-0.1, -0.05) is 32.1 Å². The lowest BCUT2D eigenvalue weighted by Crippen LogP contribution is -2.13. The molecule has 0 spiro atoms. The SMILES string of the molecule is N[C@@H]1C[C@H]1C1CCCCC1. The molecule has 2 atom stereocenters. The number of rotatable bonds is 1. The summed E-state index contributed by atoms with van der Waals surface area (Å²) in [6.07, 6.45) is 8.67. The Balaban J connectivity index is 1.81. The van der Waals surface area contributed by atoms with E-state index in [1.54, 1.807) is 0 Å².